The second-order valence-electron chi connectivity index (χ2n) is 6.85. The Labute approximate surface area is 178 Å². The Morgan fingerprint density at radius 3 is 2.03 bits per heavy atom. The van der Waals surface area contributed by atoms with Gasteiger partial charge in [-0.1, -0.05) is 6.92 Å². The van der Waals surface area contributed by atoms with Crippen LogP contribution in [-0.2, 0) is 19.5 Å². The third kappa shape index (κ3) is 3.79. The maximum atomic E-state index is 13.4. The first-order valence-electron chi connectivity index (χ1n) is 10.1. The molecule has 158 valence electrons. The maximum Gasteiger partial charge on any atom is 0.235 e. The molecule has 31 heavy (non-hydrogen) atoms. The molecule has 0 aliphatic carbocycles. The van der Waals surface area contributed by atoms with E-state index in [2.05, 4.69) is 24.9 Å². The highest BCUT2D eigenvalue weighted by molar-refractivity contribution is 6.18. The molecule has 0 saturated heterocycles. The van der Waals surface area contributed by atoms with Gasteiger partial charge in [-0.3, -0.25) is 14.2 Å². The summed E-state index contributed by atoms with van der Waals surface area (Å²) in [6.45, 7) is 7.13. The molecule has 0 N–H and O–H groups in total. The van der Waals surface area contributed by atoms with Crippen LogP contribution in [0.4, 0.5) is 0 Å². The van der Waals surface area contributed by atoms with Gasteiger partial charge in [0.1, 0.15) is 23.4 Å². The van der Waals surface area contributed by atoms with Crippen molar-refractivity contribution >= 4 is 11.6 Å². The zero-order chi connectivity index (χ0) is 22.0. The SMILES string of the molecule is CCc1nc(-n2ccnc2)nc(C(=O)c2cn(CC)cn2)c1C(=O)c1cn(CC)cn1. The molecule has 4 aromatic rings. The standard InChI is InChI=1S/C21H22N8O2/c1-4-14-17(19(30)15-9-27(5-2)12-23-15)18(20(31)16-10-28(6-3)13-24-16)26-21(25-14)29-8-7-22-11-29/h7-13H,4-6H2,1-3H3. The average Bonchev–Trinajstić information content (AvgIpc) is 3.57. The lowest BCUT2D eigenvalue weighted by Crippen LogP contribution is -2.20. The van der Waals surface area contributed by atoms with Gasteiger partial charge in [-0.05, 0) is 20.3 Å². The van der Waals surface area contributed by atoms with E-state index in [0.29, 0.717) is 25.2 Å². The Bertz CT molecular complexity index is 1240. The maximum absolute atomic E-state index is 13.4. The minimum absolute atomic E-state index is 0.00736. The molecule has 0 amide bonds. The predicted molar refractivity (Wildman–Crippen MR) is 111 cm³/mol. The van der Waals surface area contributed by atoms with Crippen molar-refractivity contribution in [2.45, 2.75) is 40.3 Å². The Balaban J connectivity index is 1.91. The van der Waals surface area contributed by atoms with E-state index in [-0.39, 0.29) is 34.4 Å². The molecule has 0 aromatic carbocycles. The van der Waals surface area contributed by atoms with Gasteiger partial charge in [0.25, 0.3) is 0 Å². The minimum atomic E-state index is -0.441. The lowest BCUT2D eigenvalue weighted by molar-refractivity contribution is 0.0994. The summed E-state index contributed by atoms with van der Waals surface area (Å²) in [4.78, 5) is 48.3. The van der Waals surface area contributed by atoms with Crippen LogP contribution in [0.3, 0.4) is 0 Å². The van der Waals surface area contributed by atoms with Crippen LogP contribution in [0.1, 0.15) is 58.7 Å². The second kappa shape index (κ2) is 8.42. The van der Waals surface area contributed by atoms with Crippen LogP contribution in [0, 0.1) is 0 Å². The van der Waals surface area contributed by atoms with Crippen LogP contribution in [-0.4, -0.2) is 50.2 Å². The van der Waals surface area contributed by atoms with Crippen molar-refractivity contribution in [2.75, 3.05) is 0 Å². The number of hydrogen-bond acceptors (Lipinski definition) is 7. The highest BCUT2D eigenvalue weighted by Gasteiger charge is 2.28. The Morgan fingerprint density at radius 1 is 0.871 bits per heavy atom. The van der Waals surface area contributed by atoms with Crippen molar-refractivity contribution in [2.24, 2.45) is 0 Å². The summed E-state index contributed by atoms with van der Waals surface area (Å²) in [6.07, 6.45) is 11.7. The zero-order valence-electron chi connectivity index (χ0n) is 17.6. The third-order valence-electron chi connectivity index (χ3n) is 4.95. The number of hydrogen-bond donors (Lipinski definition) is 0. The molecule has 0 spiro atoms. The van der Waals surface area contributed by atoms with Crippen molar-refractivity contribution < 1.29 is 9.59 Å². The van der Waals surface area contributed by atoms with Gasteiger partial charge in [-0.2, -0.15) is 0 Å². The summed E-state index contributed by atoms with van der Waals surface area (Å²) in [6, 6.07) is 0. The van der Waals surface area contributed by atoms with Crippen molar-refractivity contribution in [3.05, 3.63) is 72.1 Å². The Hall–Kier alpha value is -3.95. The first-order chi connectivity index (χ1) is 15.0. The van der Waals surface area contributed by atoms with Crippen LogP contribution in [0.15, 0.2) is 43.8 Å². The number of aromatic nitrogens is 8. The highest BCUT2D eigenvalue weighted by Crippen LogP contribution is 2.21. The van der Waals surface area contributed by atoms with E-state index < -0.39 is 5.78 Å². The number of imidazole rings is 3. The summed E-state index contributed by atoms with van der Waals surface area (Å²) in [5.74, 6) is -0.563. The van der Waals surface area contributed by atoms with E-state index in [4.69, 9.17) is 0 Å². The molecule has 0 atom stereocenters. The first kappa shape index (κ1) is 20.3. The summed E-state index contributed by atoms with van der Waals surface area (Å²) in [5, 5.41) is 0. The van der Waals surface area contributed by atoms with Gasteiger partial charge in [-0.25, -0.2) is 24.9 Å². The van der Waals surface area contributed by atoms with Gasteiger partial charge in [0, 0.05) is 37.9 Å². The number of nitrogens with zero attached hydrogens (tertiary/aromatic N) is 8. The molecule has 4 heterocycles. The Kier molecular flexibility index (Phi) is 5.52. The fraction of sp³-hybridized carbons (Fsp3) is 0.286. The van der Waals surface area contributed by atoms with Crippen molar-refractivity contribution in [3.8, 4) is 5.95 Å². The summed E-state index contributed by atoms with van der Waals surface area (Å²) < 4.78 is 5.18. The molecular formula is C21H22N8O2. The van der Waals surface area contributed by atoms with Crippen molar-refractivity contribution in [1.82, 2.24) is 38.6 Å². The van der Waals surface area contributed by atoms with Gasteiger partial charge < -0.3 is 9.13 Å². The van der Waals surface area contributed by atoms with Gasteiger partial charge in [0.05, 0.1) is 23.9 Å². The molecule has 0 aliphatic heterocycles. The van der Waals surface area contributed by atoms with Crippen LogP contribution in [0.5, 0.6) is 0 Å². The average molecular weight is 418 g/mol. The van der Waals surface area contributed by atoms with E-state index in [9.17, 15) is 9.59 Å². The smallest absolute Gasteiger partial charge is 0.235 e. The van der Waals surface area contributed by atoms with Gasteiger partial charge >= 0.3 is 0 Å². The number of rotatable bonds is 8. The van der Waals surface area contributed by atoms with Crippen LogP contribution in [0.25, 0.3) is 5.95 Å². The monoisotopic (exact) mass is 418 g/mol. The van der Waals surface area contributed by atoms with Crippen LogP contribution >= 0.6 is 0 Å². The van der Waals surface area contributed by atoms with Gasteiger partial charge in [0.15, 0.2) is 0 Å². The zero-order valence-corrected chi connectivity index (χ0v) is 17.6. The molecule has 0 aliphatic rings. The molecule has 4 aromatic heterocycles. The first-order valence-corrected chi connectivity index (χ1v) is 10.1. The quantitative estimate of drug-likeness (QED) is 0.403. The second-order valence-corrected chi connectivity index (χ2v) is 6.85. The van der Waals surface area contributed by atoms with E-state index in [1.807, 2.05) is 20.8 Å². The molecule has 10 heteroatoms. The number of carbonyl (C=O) groups excluding carboxylic acids is 2. The lowest BCUT2D eigenvalue weighted by atomic mass is 9.99. The van der Waals surface area contributed by atoms with E-state index in [0.717, 1.165) is 0 Å². The summed E-state index contributed by atoms with van der Waals surface area (Å²) >= 11 is 0. The normalized spacial score (nSPS) is 11.1. The highest BCUT2D eigenvalue weighted by atomic mass is 16.1. The van der Waals surface area contributed by atoms with Gasteiger partial charge in [0.2, 0.25) is 17.5 Å². The third-order valence-corrected chi connectivity index (χ3v) is 4.95. The molecular weight excluding hydrogens is 396 g/mol. The van der Waals surface area contributed by atoms with Gasteiger partial charge in [-0.15, -0.1) is 0 Å². The number of aryl methyl sites for hydroxylation is 3. The molecule has 0 radical (unpaired) electrons. The fourth-order valence-electron chi connectivity index (χ4n) is 3.20. The van der Waals surface area contributed by atoms with Crippen molar-refractivity contribution in [1.29, 1.82) is 0 Å². The van der Waals surface area contributed by atoms with E-state index >= 15 is 0 Å². The molecule has 0 bridgehead atoms. The summed E-state index contributed by atoms with van der Waals surface area (Å²) in [5.41, 5.74) is 1.08. The lowest BCUT2D eigenvalue weighted by Gasteiger charge is -2.12. The molecule has 4 rings (SSSR count). The van der Waals surface area contributed by atoms with E-state index in [1.165, 1.54) is 0 Å². The number of carbonyl (C=O) groups is 2. The largest absolute Gasteiger partial charge is 0.337 e. The van der Waals surface area contributed by atoms with Crippen LogP contribution in [0.2, 0.25) is 0 Å². The van der Waals surface area contributed by atoms with Crippen molar-refractivity contribution in [3.63, 3.8) is 0 Å². The minimum Gasteiger partial charge on any atom is -0.337 e. The molecule has 0 unspecified atom stereocenters. The van der Waals surface area contributed by atoms with Crippen LogP contribution < -0.4 is 0 Å². The molecule has 0 saturated carbocycles. The predicted octanol–water partition coefficient (Wildman–Crippen LogP) is 2.12. The fourth-order valence-corrected chi connectivity index (χ4v) is 3.20. The number of ketones is 2. The topological polar surface area (TPSA) is 113 Å². The molecule has 10 nitrogen and oxygen atoms in total. The van der Waals surface area contributed by atoms with E-state index in [1.54, 1.807) is 57.5 Å². The summed E-state index contributed by atoms with van der Waals surface area (Å²) in [7, 11) is 0. The Morgan fingerprint density at radius 2 is 1.52 bits per heavy atom. The molecule has 0 fully saturated rings.